The topological polar surface area (TPSA) is 34.5 Å². The van der Waals surface area contributed by atoms with E-state index in [4.69, 9.17) is 0 Å². The van der Waals surface area contributed by atoms with E-state index < -0.39 is 24.4 Å². The van der Waals surface area contributed by atoms with E-state index in [1.165, 1.54) is 30.5 Å². The van der Waals surface area contributed by atoms with Crippen LogP contribution in [0.3, 0.4) is 0 Å². The Morgan fingerprint density at radius 2 is 1.61 bits per heavy atom. The van der Waals surface area contributed by atoms with E-state index in [0.29, 0.717) is 18.6 Å². The highest BCUT2D eigenvalue weighted by atomic mass is 19.4. The van der Waals surface area contributed by atoms with E-state index in [1.807, 2.05) is 24.3 Å². The smallest absolute Gasteiger partial charge is 0.422 e. The SMILES string of the molecule is Fc1cccc(F)c1C1=N[C@@H](c2ccc(-c3ccc(OCC(F)(F)F)nc3)cc2)CC1.[2HH]. The highest BCUT2D eigenvalue weighted by Crippen LogP contribution is 2.33. The maximum absolute atomic E-state index is 14.0. The predicted molar refractivity (Wildman–Crippen MR) is 108 cm³/mol. The Morgan fingerprint density at radius 1 is 0.935 bits per heavy atom. The van der Waals surface area contributed by atoms with Gasteiger partial charge in [0.05, 0.1) is 11.6 Å². The van der Waals surface area contributed by atoms with Crippen LogP contribution in [0, 0.1) is 11.6 Å². The zero-order valence-electron chi connectivity index (χ0n) is 16.2. The Kier molecular flexibility index (Phi) is 5.71. The molecule has 0 amide bonds. The van der Waals surface area contributed by atoms with Crippen LogP contribution in [0.2, 0.25) is 0 Å². The number of alkyl halides is 3. The number of pyridine rings is 1. The molecule has 0 radical (unpaired) electrons. The van der Waals surface area contributed by atoms with Crippen LogP contribution in [-0.2, 0) is 0 Å². The van der Waals surface area contributed by atoms with E-state index in [0.717, 1.165) is 16.7 Å². The number of halogens is 5. The third-order valence-electron chi connectivity index (χ3n) is 4.97. The van der Waals surface area contributed by atoms with Gasteiger partial charge in [-0.25, -0.2) is 13.8 Å². The predicted octanol–water partition coefficient (Wildman–Crippen LogP) is 6.54. The van der Waals surface area contributed by atoms with Gasteiger partial charge < -0.3 is 4.74 Å². The molecule has 0 fully saturated rings. The molecule has 0 saturated carbocycles. The zero-order valence-corrected chi connectivity index (χ0v) is 16.2. The van der Waals surface area contributed by atoms with Crippen LogP contribution in [0.15, 0.2) is 65.8 Å². The van der Waals surface area contributed by atoms with Gasteiger partial charge in [0.25, 0.3) is 0 Å². The van der Waals surface area contributed by atoms with Gasteiger partial charge in [-0.2, -0.15) is 13.2 Å². The lowest BCUT2D eigenvalue weighted by atomic mass is 10.00. The van der Waals surface area contributed by atoms with Crippen molar-refractivity contribution in [1.82, 2.24) is 4.98 Å². The second kappa shape index (κ2) is 8.45. The van der Waals surface area contributed by atoms with Gasteiger partial charge in [-0.3, -0.25) is 4.99 Å². The number of nitrogens with zero attached hydrogens (tertiary/aromatic N) is 2. The van der Waals surface area contributed by atoms with Crippen LogP contribution in [0.1, 0.15) is 31.4 Å². The maximum atomic E-state index is 14.0. The lowest BCUT2D eigenvalue weighted by molar-refractivity contribution is -0.154. The second-order valence-corrected chi connectivity index (χ2v) is 7.14. The van der Waals surface area contributed by atoms with Crippen molar-refractivity contribution in [2.24, 2.45) is 4.99 Å². The molecule has 2 heterocycles. The first-order valence-electron chi connectivity index (χ1n) is 9.57. The Balaban J connectivity index is 0.00000289. The molecule has 0 spiro atoms. The number of rotatable bonds is 5. The quantitative estimate of drug-likeness (QED) is 0.427. The summed E-state index contributed by atoms with van der Waals surface area (Å²) < 4.78 is 69.3. The third-order valence-corrected chi connectivity index (χ3v) is 4.97. The Hall–Kier alpha value is -3.29. The molecule has 0 aliphatic carbocycles. The van der Waals surface area contributed by atoms with E-state index >= 15 is 0 Å². The van der Waals surface area contributed by atoms with Crippen molar-refractivity contribution in [2.75, 3.05) is 6.61 Å². The summed E-state index contributed by atoms with van der Waals surface area (Å²) in [6.07, 6.45) is -1.85. The van der Waals surface area contributed by atoms with E-state index in [9.17, 15) is 22.0 Å². The molecule has 8 heteroatoms. The highest BCUT2D eigenvalue weighted by Gasteiger charge is 2.28. The summed E-state index contributed by atoms with van der Waals surface area (Å²) >= 11 is 0. The van der Waals surface area contributed by atoms with Crippen molar-refractivity contribution >= 4 is 5.71 Å². The largest absolute Gasteiger partial charge is 0.468 e. The number of aromatic nitrogens is 1. The standard InChI is InChI=1S/C23H17F5N2O.H2/c24-17-2-1-3-18(25)22(17)20-10-9-19(30-20)15-6-4-14(5-7-15)16-8-11-21(29-12-16)31-13-23(26,27)28;/h1-8,11-12,19H,9-10,13H2;1H/t19-;/m1./s1/i;1+1. The minimum atomic E-state index is -4.42. The molecule has 0 bridgehead atoms. The average molecular weight is 435 g/mol. The molecule has 1 aliphatic heterocycles. The molecule has 162 valence electrons. The summed E-state index contributed by atoms with van der Waals surface area (Å²) in [4.78, 5) is 8.42. The van der Waals surface area contributed by atoms with Gasteiger partial charge in [-0.15, -0.1) is 0 Å². The Bertz CT molecular complexity index is 1080. The molecule has 1 aromatic heterocycles. The van der Waals surface area contributed by atoms with Crippen molar-refractivity contribution in [3.63, 3.8) is 0 Å². The van der Waals surface area contributed by atoms with Gasteiger partial charge in [0.1, 0.15) is 11.6 Å². The Labute approximate surface area is 176 Å². The van der Waals surface area contributed by atoms with Gasteiger partial charge in [0.2, 0.25) is 5.88 Å². The van der Waals surface area contributed by atoms with Crippen LogP contribution >= 0.6 is 0 Å². The number of aliphatic imine (C=N–C) groups is 1. The zero-order chi connectivity index (χ0) is 22.0. The first kappa shape index (κ1) is 21.0. The van der Waals surface area contributed by atoms with Crippen LogP contribution < -0.4 is 4.74 Å². The van der Waals surface area contributed by atoms with Crippen molar-refractivity contribution in [3.05, 3.63) is 83.6 Å². The molecule has 0 saturated heterocycles. The molecule has 0 N–H and O–H groups in total. The van der Waals surface area contributed by atoms with Gasteiger partial charge in [-0.1, -0.05) is 30.3 Å². The summed E-state index contributed by atoms with van der Waals surface area (Å²) in [5.74, 6) is -1.35. The Morgan fingerprint density at radius 3 is 2.23 bits per heavy atom. The maximum Gasteiger partial charge on any atom is 0.422 e. The fourth-order valence-electron chi connectivity index (χ4n) is 3.48. The average Bonchev–Trinajstić information content (AvgIpc) is 3.22. The molecule has 0 unspecified atom stereocenters. The summed E-state index contributed by atoms with van der Waals surface area (Å²) in [5.41, 5.74) is 2.80. The molecule has 31 heavy (non-hydrogen) atoms. The van der Waals surface area contributed by atoms with Gasteiger partial charge in [0.15, 0.2) is 6.61 Å². The lowest BCUT2D eigenvalue weighted by Gasteiger charge is -2.10. The molecular formula is C23H19F5N2O. The van der Waals surface area contributed by atoms with Crippen molar-refractivity contribution in [1.29, 1.82) is 0 Å². The monoisotopic (exact) mass is 435 g/mol. The number of ether oxygens (including phenoxy) is 1. The molecule has 1 atom stereocenters. The molecule has 3 aromatic rings. The van der Waals surface area contributed by atoms with E-state index in [1.54, 1.807) is 6.07 Å². The van der Waals surface area contributed by atoms with Crippen molar-refractivity contribution < 1.29 is 28.1 Å². The summed E-state index contributed by atoms with van der Waals surface area (Å²) in [7, 11) is 0. The lowest BCUT2D eigenvalue weighted by Crippen LogP contribution is -2.19. The molecular weight excluding hydrogens is 415 g/mol. The summed E-state index contributed by atoms with van der Waals surface area (Å²) in [5, 5.41) is 0. The molecule has 3 nitrogen and oxygen atoms in total. The third kappa shape index (κ3) is 4.90. The minimum Gasteiger partial charge on any atom is -0.468 e. The van der Waals surface area contributed by atoms with Crippen LogP contribution in [0.5, 0.6) is 5.88 Å². The minimum absolute atomic E-state index is 0. The van der Waals surface area contributed by atoms with Gasteiger partial charge in [0, 0.05) is 25.0 Å². The number of benzene rings is 2. The summed E-state index contributed by atoms with van der Waals surface area (Å²) in [6.45, 7) is -1.39. The number of hydrogen-bond acceptors (Lipinski definition) is 3. The first-order valence-corrected chi connectivity index (χ1v) is 9.57. The molecule has 4 rings (SSSR count). The van der Waals surface area contributed by atoms with Crippen molar-refractivity contribution in [3.8, 4) is 17.0 Å². The van der Waals surface area contributed by atoms with Crippen LogP contribution in [0.25, 0.3) is 11.1 Å². The van der Waals surface area contributed by atoms with Gasteiger partial charge >= 0.3 is 6.18 Å². The van der Waals surface area contributed by atoms with E-state index in [-0.39, 0.29) is 18.9 Å². The van der Waals surface area contributed by atoms with Crippen LogP contribution in [0.4, 0.5) is 22.0 Å². The van der Waals surface area contributed by atoms with Gasteiger partial charge in [-0.05, 0) is 42.2 Å². The molecule has 1 aliphatic rings. The summed E-state index contributed by atoms with van der Waals surface area (Å²) in [6, 6.07) is 14.0. The van der Waals surface area contributed by atoms with E-state index in [2.05, 4.69) is 14.7 Å². The fraction of sp³-hybridized carbons (Fsp3) is 0.217. The van der Waals surface area contributed by atoms with Crippen LogP contribution in [-0.4, -0.2) is 23.5 Å². The molecule has 2 aromatic carbocycles. The number of hydrogen-bond donors (Lipinski definition) is 0. The first-order chi connectivity index (χ1) is 14.8. The van der Waals surface area contributed by atoms with Crippen molar-refractivity contribution in [2.45, 2.75) is 25.1 Å². The highest BCUT2D eigenvalue weighted by molar-refractivity contribution is 6.02. The normalized spacial score (nSPS) is 16.3. The fourth-order valence-corrected chi connectivity index (χ4v) is 3.48. The second-order valence-electron chi connectivity index (χ2n) is 7.14.